The monoisotopic (exact) mass is 519 g/mol. The number of pyridine rings is 3. The highest BCUT2D eigenvalue weighted by molar-refractivity contribution is 9.10. The Morgan fingerprint density at radius 2 is 1.82 bits per heavy atom. The van der Waals surface area contributed by atoms with E-state index in [1.807, 2.05) is 71.0 Å². The summed E-state index contributed by atoms with van der Waals surface area (Å²) in [5, 5.41) is 0. The number of ether oxygens (including phenoxy) is 1. The van der Waals surface area contributed by atoms with E-state index >= 15 is 0 Å². The second-order valence-corrected chi connectivity index (χ2v) is 9.27. The molecule has 0 amide bonds. The molecule has 0 unspecified atom stereocenters. The van der Waals surface area contributed by atoms with Gasteiger partial charge in [-0.05, 0) is 66.5 Å². The number of halogens is 1. The topological polar surface area (TPSA) is 82.8 Å². The van der Waals surface area contributed by atoms with Crippen LogP contribution in [0.15, 0.2) is 58.1 Å². The normalized spacial score (nSPS) is 11.1. The van der Waals surface area contributed by atoms with Crippen LogP contribution in [0.5, 0.6) is 5.75 Å². The fourth-order valence-electron chi connectivity index (χ4n) is 3.61. The Kier molecular flexibility index (Phi) is 6.88. The summed E-state index contributed by atoms with van der Waals surface area (Å²) in [6.07, 6.45) is 3.50. The third kappa shape index (κ3) is 4.92. The number of nitrogens with zero attached hydrogens (tertiary/aromatic N) is 5. The summed E-state index contributed by atoms with van der Waals surface area (Å²) < 4.78 is 7.95. The van der Waals surface area contributed by atoms with Crippen LogP contribution in [0.25, 0.3) is 17.1 Å². The van der Waals surface area contributed by atoms with Crippen molar-refractivity contribution in [1.82, 2.24) is 24.5 Å². The molecule has 0 spiro atoms. The highest BCUT2D eigenvalue weighted by Gasteiger charge is 2.17. The lowest BCUT2D eigenvalue weighted by atomic mass is 10.1. The molecule has 4 heterocycles. The molecule has 0 bridgehead atoms. The average Bonchev–Trinajstić information content (AvgIpc) is 2.82. The Labute approximate surface area is 207 Å². The number of hydrogen-bond donors (Lipinski definition) is 0. The largest absolute Gasteiger partial charge is 0.486 e. The van der Waals surface area contributed by atoms with Gasteiger partial charge in [0.25, 0.3) is 5.56 Å². The summed E-state index contributed by atoms with van der Waals surface area (Å²) in [5.41, 5.74) is 5.26. The van der Waals surface area contributed by atoms with Gasteiger partial charge in [-0.3, -0.25) is 19.3 Å². The summed E-state index contributed by atoms with van der Waals surface area (Å²) in [6.45, 7) is 10.1. The molecule has 0 aromatic carbocycles. The van der Waals surface area contributed by atoms with E-state index in [9.17, 15) is 4.79 Å². The van der Waals surface area contributed by atoms with E-state index in [1.54, 1.807) is 17.0 Å². The molecule has 0 radical (unpaired) electrons. The first-order chi connectivity index (χ1) is 16.2. The Morgan fingerprint density at radius 3 is 2.56 bits per heavy atom. The molecule has 0 aliphatic carbocycles. The van der Waals surface area contributed by atoms with Crippen LogP contribution >= 0.6 is 15.9 Å². The van der Waals surface area contributed by atoms with Gasteiger partial charge in [-0.1, -0.05) is 19.9 Å². The zero-order valence-electron chi connectivity index (χ0n) is 19.8. The van der Waals surface area contributed by atoms with Crippen molar-refractivity contribution in [2.24, 2.45) is 0 Å². The molecule has 4 aromatic rings. The van der Waals surface area contributed by atoms with Crippen LogP contribution in [0.3, 0.4) is 0 Å². The second-order valence-electron chi connectivity index (χ2n) is 8.47. The number of hydrogen-bond acceptors (Lipinski definition) is 6. The van der Waals surface area contributed by atoms with E-state index in [1.165, 1.54) is 0 Å². The van der Waals surface area contributed by atoms with Gasteiger partial charge in [0.2, 0.25) is 0 Å². The van der Waals surface area contributed by atoms with Crippen LogP contribution in [0, 0.1) is 20.8 Å². The number of aromatic nitrogens is 5. The second kappa shape index (κ2) is 9.85. The minimum Gasteiger partial charge on any atom is -0.486 e. The van der Waals surface area contributed by atoms with Crippen molar-refractivity contribution in [2.45, 2.75) is 47.1 Å². The van der Waals surface area contributed by atoms with Crippen molar-refractivity contribution in [3.8, 4) is 22.8 Å². The fourth-order valence-corrected chi connectivity index (χ4v) is 4.01. The van der Waals surface area contributed by atoms with Crippen molar-refractivity contribution in [2.75, 3.05) is 0 Å². The number of rotatable bonds is 6. The zero-order chi connectivity index (χ0) is 24.4. The van der Waals surface area contributed by atoms with Crippen molar-refractivity contribution >= 4 is 15.9 Å². The standard InChI is InChI=1S/C26H26BrN5O2/c1-15(2)25-28-10-9-20(31-25)21-12-22(16(3)13-29-21)32-18(5)11-23(24(27)26(32)33)34-14-19-8-6-7-17(4)30-19/h6-13,15H,14H2,1-5H3. The first-order valence-corrected chi connectivity index (χ1v) is 11.8. The molecule has 0 saturated carbocycles. The molecular weight excluding hydrogens is 494 g/mol. The van der Waals surface area contributed by atoms with Crippen LogP contribution in [0.1, 0.15) is 48.2 Å². The van der Waals surface area contributed by atoms with E-state index in [2.05, 4.69) is 35.9 Å². The van der Waals surface area contributed by atoms with Crippen molar-refractivity contribution in [3.05, 3.63) is 92.1 Å². The Bertz CT molecular complexity index is 1410. The maximum Gasteiger partial charge on any atom is 0.273 e. The minimum absolute atomic E-state index is 0.202. The minimum atomic E-state index is -0.210. The molecular formula is C26H26BrN5O2. The van der Waals surface area contributed by atoms with E-state index in [0.717, 1.165) is 39.9 Å². The summed E-state index contributed by atoms with van der Waals surface area (Å²) >= 11 is 3.45. The van der Waals surface area contributed by atoms with Crippen molar-refractivity contribution in [3.63, 3.8) is 0 Å². The fraction of sp³-hybridized carbons (Fsp3) is 0.269. The van der Waals surface area contributed by atoms with Crippen LogP contribution in [0.4, 0.5) is 0 Å². The third-order valence-corrected chi connectivity index (χ3v) is 6.12. The van der Waals surface area contributed by atoms with E-state index in [-0.39, 0.29) is 18.1 Å². The molecule has 4 aromatic heterocycles. The molecule has 174 valence electrons. The molecule has 0 N–H and O–H groups in total. The molecule has 4 rings (SSSR count). The Hall–Kier alpha value is -3.39. The van der Waals surface area contributed by atoms with Gasteiger partial charge in [0.1, 0.15) is 22.7 Å². The lowest BCUT2D eigenvalue weighted by Crippen LogP contribution is -2.23. The number of aryl methyl sites for hydroxylation is 3. The summed E-state index contributed by atoms with van der Waals surface area (Å²) in [4.78, 5) is 31.4. The van der Waals surface area contributed by atoms with Crippen molar-refractivity contribution in [1.29, 1.82) is 0 Å². The highest BCUT2D eigenvalue weighted by atomic mass is 79.9. The van der Waals surface area contributed by atoms with Gasteiger partial charge in [-0.2, -0.15) is 0 Å². The quantitative estimate of drug-likeness (QED) is 0.335. The van der Waals surface area contributed by atoms with Gasteiger partial charge in [-0.25, -0.2) is 9.97 Å². The predicted octanol–water partition coefficient (Wildman–Crippen LogP) is 5.47. The van der Waals surface area contributed by atoms with Gasteiger partial charge in [0, 0.05) is 35.8 Å². The predicted molar refractivity (Wildman–Crippen MR) is 135 cm³/mol. The van der Waals surface area contributed by atoms with E-state index < -0.39 is 0 Å². The highest BCUT2D eigenvalue weighted by Crippen LogP contribution is 2.27. The van der Waals surface area contributed by atoms with Crippen LogP contribution in [0.2, 0.25) is 0 Å². The van der Waals surface area contributed by atoms with Gasteiger partial charge in [0.15, 0.2) is 0 Å². The van der Waals surface area contributed by atoms with Gasteiger partial charge < -0.3 is 4.74 Å². The molecule has 8 heteroatoms. The summed E-state index contributed by atoms with van der Waals surface area (Å²) in [7, 11) is 0. The SMILES string of the molecule is Cc1cccc(COc2cc(C)n(-c3cc(-c4ccnc(C(C)C)n4)ncc3C)c(=O)c2Br)n1. The molecule has 0 saturated heterocycles. The van der Waals surface area contributed by atoms with Gasteiger partial charge in [-0.15, -0.1) is 0 Å². The lowest BCUT2D eigenvalue weighted by Gasteiger charge is -2.17. The molecule has 0 fully saturated rings. The molecule has 0 atom stereocenters. The average molecular weight is 520 g/mol. The molecule has 7 nitrogen and oxygen atoms in total. The van der Waals surface area contributed by atoms with Crippen molar-refractivity contribution < 1.29 is 4.74 Å². The molecule has 34 heavy (non-hydrogen) atoms. The summed E-state index contributed by atoms with van der Waals surface area (Å²) in [5.74, 6) is 1.43. The first kappa shape index (κ1) is 23.8. The Balaban J connectivity index is 1.72. The maximum atomic E-state index is 13.4. The molecule has 0 aliphatic rings. The van der Waals surface area contributed by atoms with E-state index in [4.69, 9.17) is 4.74 Å². The maximum absolute atomic E-state index is 13.4. The first-order valence-electron chi connectivity index (χ1n) is 11.0. The van der Waals surface area contributed by atoms with E-state index in [0.29, 0.717) is 15.9 Å². The molecule has 0 aliphatic heterocycles. The van der Waals surface area contributed by atoms with Crippen LogP contribution in [-0.4, -0.2) is 24.5 Å². The van der Waals surface area contributed by atoms with Crippen LogP contribution < -0.4 is 10.3 Å². The lowest BCUT2D eigenvalue weighted by molar-refractivity contribution is 0.297. The smallest absolute Gasteiger partial charge is 0.273 e. The summed E-state index contributed by atoms with van der Waals surface area (Å²) in [6, 6.07) is 11.3. The zero-order valence-corrected chi connectivity index (χ0v) is 21.4. The van der Waals surface area contributed by atoms with Crippen LogP contribution in [-0.2, 0) is 6.61 Å². The van der Waals surface area contributed by atoms with Gasteiger partial charge in [0.05, 0.1) is 22.8 Å². The van der Waals surface area contributed by atoms with Gasteiger partial charge >= 0.3 is 0 Å². The Morgan fingerprint density at radius 1 is 1.03 bits per heavy atom. The third-order valence-electron chi connectivity index (χ3n) is 5.39.